The van der Waals surface area contributed by atoms with Crippen LogP contribution in [0.2, 0.25) is 0 Å². The quantitative estimate of drug-likeness (QED) is 0.834. The van der Waals surface area contributed by atoms with E-state index in [4.69, 9.17) is 9.47 Å². The minimum Gasteiger partial charge on any atom is -0.454 e. The molecule has 2 aliphatic rings. The number of anilines is 1. The lowest BCUT2D eigenvalue weighted by Crippen LogP contribution is -2.57. The molecule has 134 valence electrons. The highest BCUT2D eigenvalue weighted by atomic mass is 16.7. The number of carbonyl (C=O) groups excluding carboxylic acids is 2. The first-order valence-electron chi connectivity index (χ1n) is 8.63. The number of ether oxygens (including phenoxy) is 2. The first-order chi connectivity index (χ1) is 12.5. The van der Waals surface area contributed by atoms with Crippen molar-refractivity contribution >= 4 is 17.5 Å². The van der Waals surface area contributed by atoms with E-state index in [1.807, 2.05) is 37.3 Å². The van der Waals surface area contributed by atoms with Crippen LogP contribution < -0.4 is 14.4 Å². The van der Waals surface area contributed by atoms with Gasteiger partial charge in [-0.3, -0.25) is 9.59 Å². The SMILES string of the molecule is Cc1cccc(C(=O)N2CCN(c3ccc4c(c3)OCO4)C(=O)[C@@H]2C)c1. The van der Waals surface area contributed by atoms with Crippen molar-refractivity contribution in [2.45, 2.75) is 19.9 Å². The summed E-state index contributed by atoms with van der Waals surface area (Å²) in [6, 6.07) is 12.4. The zero-order valence-electron chi connectivity index (χ0n) is 14.8. The lowest BCUT2D eigenvalue weighted by Gasteiger charge is -2.39. The van der Waals surface area contributed by atoms with Crippen molar-refractivity contribution in [1.82, 2.24) is 4.90 Å². The summed E-state index contributed by atoms with van der Waals surface area (Å²) in [5, 5.41) is 0. The number of nitrogens with zero attached hydrogens (tertiary/aromatic N) is 2. The molecule has 0 spiro atoms. The zero-order chi connectivity index (χ0) is 18.3. The highest BCUT2D eigenvalue weighted by Crippen LogP contribution is 2.36. The van der Waals surface area contributed by atoms with Crippen LogP contribution in [0.5, 0.6) is 11.5 Å². The largest absolute Gasteiger partial charge is 0.454 e. The highest BCUT2D eigenvalue weighted by molar-refractivity contribution is 6.03. The van der Waals surface area contributed by atoms with Gasteiger partial charge in [0.2, 0.25) is 12.7 Å². The van der Waals surface area contributed by atoms with Crippen LogP contribution in [0.3, 0.4) is 0 Å². The van der Waals surface area contributed by atoms with Gasteiger partial charge in [-0.05, 0) is 38.1 Å². The van der Waals surface area contributed by atoms with Crippen LogP contribution in [-0.2, 0) is 4.79 Å². The Morgan fingerprint density at radius 2 is 1.88 bits per heavy atom. The Hall–Kier alpha value is -3.02. The van der Waals surface area contributed by atoms with E-state index >= 15 is 0 Å². The molecule has 2 aromatic rings. The summed E-state index contributed by atoms with van der Waals surface area (Å²) >= 11 is 0. The maximum atomic E-state index is 12.9. The van der Waals surface area contributed by atoms with E-state index < -0.39 is 6.04 Å². The van der Waals surface area contributed by atoms with Crippen molar-refractivity contribution in [2.24, 2.45) is 0 Å². The molecule has 0 unspecified atom stereocenters. The van der Waals surface area contributed by atoms with Crippen LogP contribution in [-0.4, -0.2) is 42.6 Å². The first kappa shape index (κ1) is 16.4. The van der Waals surface area contributed by atoms with Gasteiger partial charge in [-0.15, -0.1) is 0 Å². The Morgan fingerprint density at radius 3 is 2.69 bits per heavy atom. The third kappa shape index (κ3) is 2.77. The predicted molar refractivity (Wildman–Crippen MR) is 96.6 cm³/mol. The van der Waals surface area contributed by atoms with Gasteiger partial charge in [0.05, 0.1) is 0 Å². The number of benzene rings is 2. The molecule has 0 aromatic heterocycles. The van der Waals surface area contributed by atoms with Crippen LogP contribution >= 0.6 is 0 Å². The minimum atomic E-state index is -0.526. The van der Waals surface area contributed by atoms with Gasteiger partial charge in [-0.2, -0.15) is 0 Å². The fourth-order valence-electron chi connectivity index (χ4n) is 3.40. The Labute approximate surface area is 151 Å². The average molecular weight is 352 g/mol. The van der Waals surface area contributed by atoms with Gasteiger partial charge in [0.25, 0.3) is 5.91 Å². The molecule has 1 fully saturated rings. The van der Waals surface area contributed by atoms with Crippen molar-refractivity contribution in [2.75, 3.05) is 24.8 Å². The van der Waals surface area contributed by atoms with Crippen molar-refractivity contribution in [1.29, 1.82) is 0 Å². The second-order valence-electron chi connectivity index (χ2n) is 6.57. The monoisotopic (exact) mass is 352 g/mol. The maximum Gasteiger partial charge on any atom is 0.254 e. The van der Waals surface area contributed by atoms with Gasteiger partial charge >= 0.3 is 0 Å². The van der Waals surface area contributed by atoms with Crippen LogP contribution in [0.25, 0.3) is 0 Å². The van der Waals surface area contributed by atoms with Gasteiger partial charge in [-0.25, -0.2) is 0 Å². The van der Waals surface area contributed by atoms with E-state index in [0.717, 1.165) is 11.3 Å². The van der Waals surface area contributed by atoms with Gasteiger partial charge in [-0.1, -0.05) is 17.7 Å². The van der Waals surface area contributed by atoms with Crippen LogP contribution in [0.15, 0.2) is 42.5 Å². The van der Waals surface area contributed by atoms with Crippen molar-refractivity contribution in [3.05, 3.63) is 53.6 Å². The predicted octanol–water partition coefficient (Wildman–Crippen LogP) is 2.60. The maximum absolute atomic E-state index is 12.9. The number of amides is 2. The van der Waals surface area contributed by atoms with Crippen molar-refractivity contribution in [3.8, 4) is 11.5 Å². The average Bonchev–Trinajstić information content (AvgIpc) is 3.11. The normalized spacial score (nSPS) is 19.0. The highest BCUT2D eigenvalue weighted by Gasteiger charge is 2.35. The van der Waals surface area contributed by atoms with Gasteiger partial charge < -0.3 is 19.3 Å². The van der Waals surface area contributed by atoms with Crippen LogP contribution in [0, 0.1) is 6.92 Å². The molecule has 0 radical (unpaired) electrons. The Morgan fingerprint density at radius 1 is 1.08 bits per heavy atom. The summed E-state index contributed by atoms with van der Waals surface area (Å²) in [6.07, 6.45) is 0. The summed E-state index contributed by atoms with van der Waals surface area (Å²) in [5.74, 6) is 1.11. The Kier molecular flexibility index (Phi) is 4.03. The Bertz CT molecular complexity index is 880. The molecule has 1 saturated heterocycles. The lowest BCUT2D eigenvalue weighted by molar-refractivity contribution is -0.124. The third-order valence-electron chi connectivity index (χ3n) is 4.85. The molecule has 2 aliphatic heterocycles. The number of rotatable bonds is 2. The molecular formula is C20H20N2O4. The molecule has 2 heterocycles. The van der Waals surface area contributed by atoms with Gasteiger partial charge in [0, 0.05) is 30.4 Å². The fourth-order valence-corrected chi connectivity index (χ4v) is 3.40. The van der Waals surface area contributed by atoms with E-state index in [-0.39, 0.29) is 18.6 Å². The fraction of sp³-hybridized carbons (Fsp3) is 0.300. The van der Waals surface area contributed by atoms with E-state index in [0.29, 0.717) is 30.2 Å². The van der Waals surface area contributed by atoms with Crippen LogP contribution in [0.4, 0.5) is 5.69 Å². The van der Waals surface area contributed by atoms with Gasteiger partial charge in [0.1, 0.15) is 6.04 Å². The lowest BCUT2D eigenvalue weighted by atomic mass is 10.1. The Balaban J connectivity index is 1.54. The van der Waals surface area contributed by atoms with E-state index in [2.05, 4.69) is 0 Å². The number of hydrogen-bond donors (Lipinski definition) is 0. The summed E-state index contributed by atoms with van der Waals surface area (Å²) in [7, 11) is 0. The number of carbonyl (C=O) groups is 2. The summed E-state index contributed by atoms with van der Waals surface area (Å²) in [5.41, 5.74) is 2.39. The second kappa shape index (κ2) is 6.37. The second-order valence-corrected chi connectivity index (χ2v) is 6.57. The smallest absolute Gasteiger partial charge is 0.254 e. The molecular weight excluding hydrogens is 332 g/mol. The topological polar surface area (TPSA) is 59.1 Å². The molecule has 0 bridgehead atoms. The van der Waals surface area contributed by atoms with E-state index in [1.165, 1.54) is 0 Å². The summed E-state index contributed by atoms with van der Waals surface area (Å²) in [4.78, 5) is 29.1. The minimum absolute atomic E-state index is 0.101. The summed E-state index contributed by atoms with van der Waals surface area (Å²) in [6.45, 7) is 4.84. The van der Waals surface area contributed by atoms with Crippen molar-refractivity contribution in [3.63, 3.8) is 0 Å². The first-order valence-corrected chi connectivity index (χ1v) is 8.63. The van der Waals surface area contributed by atoms with Gasteiger partial charge in [0.15, 0.2) is 11.5 Å². The van der Waals surface area contributed by atoms with E-state index in [9.17, 15) is 9.59 Å². The molecule has 0 aliphatic carbocycles. The number of piperazine rings is 1. The molecule has 6 heteroatoms. The molecule has 0 saturated carbocycles. The molecule has 26 heavy (non-hydrogen) atoms. The molecule has 1 atom stereocenters. The number of aryl methyl sites for hydroxylation is 1. The zero-order valence-corrected chi connectivity index (χ0v) is 14.8. The van der Waals surface area contributed by atoms with Crippen molar-refractivity contribution < 1.29 is 19.1 Å². The van der Waals surface area contributed by atoms with Crippen LogP contribution in [0.1, 0.15) is 22.8 Å². The number of fused-ring (bicyclic) bond motifs is 1. The number of hydrogen-bond acceptors (Lipinski definition) is 4. The standard InChI is InChI=1S/C20H20N2O4/c1-13-4-3-5-15(10-13)20(24)21-8-9-22(19(23)14(21)2)16-6-7-17-18(11-16)26-12-25-17/h3-7,10-11,14H,8-9,12H2,1-2H3/t14-/m0/s1. The summed E-state index contributed by atoms with van der Waals surface area (Å²) < 4.78 is 10.7. The van der Waals surface area contributed by atoms with E-state index in [1.54, 1.807) is 28.9 Å². The molecule has 6 nitrogen and oxygen atoms in total. The molecule has 4 rings (SSSR count). The third-order valence-corrected chi connectivity index (χ3v) is 4.85. The molecule has 0 N–H and O–H groups in total. The molecule has 2 aromatic carbocycles. The molecule has 2 amide bonds.